The summed E-state index contributed by atoms with van der Waals surface area (Å²) in [4.78, 5) is 24.6. The van der Waals surface area contributed by atoms with Crippen molar-refractivity contribution in [1.82, 2.24) is 0 Å². The average Bonchev–Trinajstić information content (AvgIpc) is 3.34. The zero-order valence-electron chi connectivity index (χ0n) is 45.9. The Balaban J connectivity index is 3.42. The number of allylic oxidation sites excluding steroid dienone is 6. The Hall–Kier alpha value is -1.88. The van der Waals surface area contributed by atoms with E-state index in [1.165, 1.54) is 263 Å². The van der Waals surface area contributed by atoms with Crippen molar-refractivity contribution in [3.05, 3.63) is 36.5 Å². The van der Waals surface area contributed by atoms with Crippen LogP contribution >= 0.6 is 0 Å². The number of hydrogen-bond donors (Lipinski definition) is 1. The van der Waals surface area contributed by atoms with E-state index >= 15 is 0 Å². The SMILES string of the molecule is CCCCCCC/C=C\C/C=C\CCCCCCCCCCCCCCCCCCCCCC(=O)OC(CO)COC(=O)CCCCCCCCCCCCC/C=C\CCCCCCCCCC. The summed E-state index contributed by atoms with van der Waals surface area (Å²) in [6, 6.07) is 0. The number of ether oxygens (including phenoxy) is 2. The number of carbonyl (C=O) groups is 2. The predicted molar refractivity (Wildman–Crippen MR) is 298 cm³/mol. The van der Waals surface area contributed by atoms with Gasteiger partial charge in [0, 0.05) is 12.8 Å². The van der Waals surface area contributed by atoms with Gasteiger partial charge in [-0.25, -0.2) is 0 Å². The summed E-state index contributed by atoms with van der Waals surface area (Å²) >= 11 is 0. The zero-order valence-corrected chi connectivity index (χ0v) is 45.9. The highest BCUT2D eigenvalue weighted by molar-refractivity contribution is 5.70. The highest BCUT2D eigenvalue weighted by Gasteiger charge is 2.16. The number of hydrogen-bond acceptors (Lipinski definition) is 5. The quantitative estimate of drug-likeness (QED) is 0.0374. The lowest BCUT2D eigenvalue weighted by Gasteiger charge is -2.15. The second-order valence-corrected chi connectivity index (χ2v) is 20.8. The third-order valence-electron chi connectivity index (χ3n) is 13.9. The summed E-state index contributed by atoms with van der Waals surface area (Å²) in [5.41, 5.74) is 0. The van der Waals surface area contributed by atoms with Crippen LogP contribution in [0.25, 0.3) is 0 Å². The summed E-state index contributed by atoms with van der Waals surface area (Å²) in [6.07, 6.45) is 77.1. The molecule has 0 aliphatic rings. The fraction of sp³-hybridized carbons (Fsp3) is 0.873. The fourth-order valence-electron chi connectivity index (χ4n) is 9.29. The Morgan fingerprint density at radius 3 is 0.882 bits per heavy atom. The molecule has 1 N–H and O–H groups in total. The van der Waals surface area contributed by atoms with E-state index in [1.54, 1.807) is 0 Å². The molecule has 0 aliphatic heterocycles. The van der Waals surface area contributed by atoms with Crippen molar-refractivity contribution in [1.29, 1.82) is 0 Å². The van der Waals surface area contributed by atoms with E-state index in [2.05, 4.69) is 50.3 Å². The van der Waals surface area contributed by atoms with E-state index < -0.39 is 6.10 Å². The minimum Gasteiger partial charge on any atom is -0.462 e. The molecule has 1 atom stereocenters. The van der Waals surface area contributed by atoms with E-state index in [0.717, 1.165) is 44.9 Å². The molecular weight excluding hydrogens is 837 g/mol. The maximum Gasteiger partial charge on any atom is 0.306 e. The van der Waals surface area contributed by atoms with Gasteiger partial charge in [-0.1, -0.05) is 288 Å². The first-order valence-electron chi connectivity index (χ1n) is 30.5. The van der Waals surface area contributed by atoms with Gasteiger partial charge in [-0.05, 0) is 70.6 Å². The van der Waals surface area contributed by atoms with Crippen LogP contribution in [-0.4, -0.2) is 36.4 Å². The zero-order chi connectivity index (χ0) is 49.2. The second kappa shape index (κ2) is 59.4. The van der Waals surface area contributed by atoms with Gasteiger partial charge in [-0.15, -0.1) is 0 Å². The maximum absolute atomic E-state index is 12.3. The van der Waals surface area contributed by atoms with Gasteiger partial charge in [-0.3, -0.25) is 9.59 Å². The summed E-state index contributed by atoms with van der Waals surface area (Å²) in [5, 5.41) is 9.67. The molecule has 0 rings (SSSR count). The molecule has 0 aromatic rings. The van der Waals surface area contributed by atoms with Gasteiger partial charge in [0.15, 0.2) is 6.10 Å². The number of rotatable bonds is 57. The second-order valence-electron chi connectivity index (χ2n) is 20.8. The number of carbonyl (C=O) groups excluding carboxylic acids is 2. The summed E-state index contributed by atoms with van der Waals surface area (Å²) in [7, 11) is 0. The molecular formula is C63H118O5. The van der Waals surface area contributed by atoms with Crippen LogP contribution in [0.1, 0.15) is 335 Å². The van der Waals surface area contributed by atoms with Crippen molar-refractivity contribution in [3.8, 4) is 0 Å². The first-order valence-corrected chi connectivity index (χ1v) is 30.5. The first-order chi connectivity index (χ1) is 33.6. The van der Waals surface area contributed by atoms with Crippen LogP contribution in [0.15, 0.2) is 36.5 Å². The molecule has 0 heterocycles. The van der Waals surface area contributed by atoms with Crippen LogP contribution in [0.2, 0.25) is 0 Å². The van der Waals surface area contributed by atoms with E-state index in [-0.39, 0.29) is 25.2 Å². The molecule has 5 heteroatoms. The molecule has 0 aromatic heterocycles. The van der Waals surface area contributed by atoms with E-state index in [0.29, 0.717) is 12.8 Å². The monoisotopic (exact) mass is 955 g/mol. The van der Waals surface area contributed by atoms with Crippen molar-refractivity contribution in [2.75, 3.05) is 13.2 Å². The van der Waals surface area contributed by atoms with Crippen LogP contribution in [0.3, 0.4) is 0 Å². The molecule has 400 valence electrons. The van der Waals surface area contributed by atoms with E-state index in [9.17, 15) is 14.7 Å². The van der Waals surface area contributed by atoms with Gasteiger partial charge >= 0.3 is 11.9 Å². The Morgan fingerprint density at radius 2 is 0.588 bits per heavy atom. The number of aliphatic hydroxyl groups is 1. The molecule has 0 aromatic carbocycles. The summed E-state index contributed by atoms with van der Waals surface area (Å²) < 4.78 is 10.7. The Kier molecular flexibility index (Phi) is 57.8. The maximum atomic E-state index is 12.3. The van der Waals surface area contributed by atoms with Gasteiger partial charge in [0.25, 0.3) is 0 Å². The lowest BCUT2D eigenvalue weighted by molar-refractivity contribution is -0.161. The van der Waals surface area contributed by atoms with Crippen molar-refractivity contribution in [3.63, 3.8) is 0 Å². The Morgan fingerprint density at radius 1 is 0.338 bits per heavy atom. The van der Waals surface area contributed by atoms with Gasteiger partial charge in [-0.2, -0.15) is 0 Å². The summed E-state index contributed by atoms with van der Waals surface area (Å²) in [6.45, 7) is 4.18. The average molecular weight is 956 g/mol. The van der Waals surface area contributed by atoms with Crippen molar-refractivity contribution in [2.45, 2.75) is 341 Å². The lowest BCUT2D eigenvalue weighted by atomic mass is 10.0. The van der Waals surface area contributed by atoms with Crippen LogP contribution in [0, 0.1) is 0 Å². The highest BCUT2D eigenvalue weighted by atomic mass is 16.6. The van der Waals surface area contributed by atoms with Gasteiger partial charge in [0.1, 0.15) is 6.61 Å². The van der Waals surface area contributed by atoms with Gasteiger partial charge in [0.05, 0.1) is 6.61 Å². The third kappa shape index (κ3) is 56.7. The third-order valence-corrected chi connectivity index (χ3v) is 13.9. The number of unbranched alkanes of at least 4 members (excludes halogenated alkanes) is 43. The first kappa shape index (κ1) is 66.1. The van der Waals surface area contributed by atoms with Crippen LogP contribution in [0.5, 0.6) is 0 Å². The number of aliphatic hydroxyl groups excluding tert-OH is 1. The molecule has 0 amide bonds. The van der Waals surface area contributed by atoms with Crippen molar-refractivity contribution < 1.29 is 24.2 Å². The minimum absolute atomic E-state index is 0.0613. The standard InChI is InChI=1S/C63H118O5/c1-3-5-7-9-11-13-15-17-19-21-23-25-27-28-29-30-31-32-33-34-36-38-40-42-44-46-48-50-52-54-56-58-63(66)68-61(59-64)60-67-62(65)57-55-53-51-49-47-45-43-41-39-37-35-26-24-22-20-18-16-14-12-10-8-6-4-2/h15,17,21-24,61,64H,3-14,16,18-20,25-60H2,1-2H3/b17-15-,23-21-,24-22-. The molecule has 0 saturated heterocycles. The van der Waals surface area contributed by atoms with Crippen LogP contribution in [0.4, 0.5) is 0 Å². The predicted octanol–water partition coefficient (Wildman–Crippen LogP) is 20.6. The number of esters is 2. The smallest absolute Gasteiger partial charge is 0.306 e. The van der Waals surface area contributed by atoms with Crippen molar-refractivity contribution >= 4 is 11.9 Å². The normalized spacial score (nSPS) is 12.3. The Labute approximate surface area is 425 Å². The molecule has 0 bridgehead atoms. The van der Waals surface area contributed by atoms with E-state index in [4.69, 9.17) is 9.47 Å². The van der Waals surface area contributed by atoms with Crippen LogP contribution < -0.4 is 0 Å². The molecule has 1 unspecified atom stereocenters. The van der Waals surface area contributed by atoms with Crippen molar-refractivity contribution in [2.24, 2.45) is 0 Å². The van der Waals surface area contributed by atoms with E-state index in [1.807, 2.05) is 0 Å². The fourth-order valence-corrected chi connectivity index (χ4v) is 9.29. The molecule has 0 fully saturated rings. The molecule has 0 saturated carbocycles. The van der Waals surface area contributed by atoms with Crippen LogP contribution in [-0.2, 0) is 19.1 Å². The molecule has 0 spiro atoms. The Bertz CT molecular complexity index is 1080. The molecule has 5 nitrogen and oxygen atoms in total. The topological polar surface area (TPSA) is 72.8 Å². The van der Waals surface area contributed by atoms with Gasteiger partial charge < -0.3 is 14.6 Å². The molecule has 68 heavy (non-hydrogen) atoms. The highest BCUT2D eigenvalue weighted by Crippen LogP contribution is 2.17. The lowest BCUT2D eigenvalue weighted by Crippen LogP contribution is -2.28. The molecule has 0 aliphatic carbocycles. The summed E-state index contributed by atoms with van der Waals surface area (Å²) in [5.74, 6) is -0.573. The largest absolute Gasteiger partial charge is 0.462 e. The minimum atomic E-state index is -0.770. The molecule has 0 radical (unpaired) electrons. The van der Waals surface area contributed by atoms with Gasteiger partial charge in [0.2, 0.25) is 0 Å².